The highest BCUT2D eigenvalue weighted by molar-refractivity contribution is 5.83. The highest BCUT2D eigenvalue weighted by Crippen LogP contribution is 2.28. The smallest absolute Gasteiger partial charge is 0.307 e. The van der Waals surface area contributed by atoms with Crippen LogP contribution in [0.15, 0.2) is 0 Å². The first-order valence-corrected chi connectivity index (χ1v) is 18.2. The number of unbranched alkanes of at least 4 members (excludes halogenated alkanes) is 4. The van der Waals surface area contributed by atoms with Crippen molar-refractivity contribution in [3.8, 4) is 0 Å². The lowest BCUT2D eigenvalue weighted by molar-refractivity contribution is -0.167. The van der Waals surface area contributed by atoms with Crippen molar-refractivity contribution in [2.75, 3.05) is 6.61 Å². The zero-order valence-corrected chi connectivity index (χ0v) is 31.0. The zero-order valence-electron chi connectivity index (χ0n) is 31.0. The van der Waals surface area contributed by atoms with Crippen molar-refractivity contribution in [1.29, 1.82) is 0 Å². The molecule has 0 saturated carbocycles. The Morgan fingerprint density at radius 2 is 1.25 bits per heavy atom. The van der Waals surface area contributed by atoms with Crippen LogP contribution in [0.2, 0.25) is 0 Å². The number of rotatable bonds is 31. The van der Waals surface area contributed by atoms with Gasteiger partial charge in [0.15, 0.2) is 0 Å². The molecule has 1 amide bonds. The molecule has 296 valence electrons. The normalized spacial score (nSPS) is 16.8. The molecule has 0 fully saturated rings. The molecule has 0 aliphatic carbocycles. The molecule has 0 aromatic heterocycles. The van der Waals surface area contributed by atoms with Gasteiger partial charge in [0.05, 0.1) is 55.5 Å². The molecule has 7 N–H and O–H groups in total. The maximum absolute atomic E-state index is 13.1. The summed E-state index contributed by atoms with van der Waals surface area (Å²) >= 11 is 0. The van der Waals surface area contributed by atoms with Crippen molar-refractivity contribution in [2.24, 2.45) is 23.7 Å². The lowest BCUT2D eigenvalue weighted by Gasteiger charge is -2.34. The van der Waals surface area contributed by atoms with Crippen LogP contribution in [-0.2, 0) is 38.2 Å². The fourth-order valence-electron chi connectivity index (χ4n) is 6.08. The Bertz CT molecular complexity index is 1070. The van der Waals surface area contributed by atoms with Crippen molar-refractivity contribution in [2.45, 2.75) is 161 Å². The van der Waals surface area contributed by atoms with Gasteiger partial charge >= 0.3 is 29.8 Å². The third kappa shape index (κ3) is 23.0. The number of nitrogens with one attached hydrogen (secondary N) is 1. The highest BCUT2D eigenvalue weighted by Gasteiger charge is 2.34. The van der Waals surface area contributed by atoms with E-state index in [1.807, 2.05) is 20.8 Å². The van der Waals surface area contributed by atoms with Gasteiger partial charge in [0, 0.05) is 20.0 Å². The first kappa shape index (κ1) is 47.7. The van der Waals surface area contributed by atoms with Gasteiger partial charge in [-0.3, -0.25) is 28.8 Å². The number of amides is 1. The summed E-state index contributed by atoms with van der Waals surface area (Å²) in [5.41, 5.74) is 0. The summed E-state index contributed by atoms with van der Waals surface area (Å²) in [5, 5.41) is 60.3. The molecule has 0 radical (unpaired) electrons. The molecule has 0 saturated heterocycles. The number of carboxylic acid groups (broad SMARTS) is 4. The molecule has 9 atom stereocenters. The Kier molecular flexibility index (Phi) is 24.8. The van der Waals surface area contributed by atoms with Crippen LogP contribution >= 0.6 is 0 Å². The molecule has 0 aromatic rings. The van der Waals surface area contributed by atoms with Gasteiger partial charge in [-0.15, -0.1) is 0 Å². The molecule has 0 aliphatic heterocycles. The number of carboxylic acids is 4. The summed E-state index contributed by atoms with van der Waals surface area (Å²) in [7, 11) is 0. The minimum absolute atomic E-state index is 0.0105. The van der Waals surface area contributed by atoms with Crippen LogP contribution in [0.3, 0.4) is 0 Å². The Labute approximate surface area is 301 Å². The van der Waals surface area contributed by atoms with E-state index in [4.69, 9.17) is 19.7 Å². The molecule has 0 spiro atoms. The fourth-order valence-corrected chi connectivity index (χ4v) is 6.08. The summed E-state index contributed by atoms with van der Waals surface area (Å²) in [4.78, 5) is 69.9. The van der Waals surface area contributed by atoms with Gasteiger partial charge in [-0.25, -0.2) is 0 Å². The maximum Gasteiger partial charge on any atom is 0.307 e. The zero-order chi connectivity index (χ0) is 39.1. The number of aliphatic hydroxyl groups excluding tert-OH is 2. The number of aliphatic hydroxyl groups is 2. The van der Waals surface area contributed by atoms with Crippen LogP contribution in [0.4, 0.5) is 0 Å². The molecular weight excluding hydrogens is 670 g/mol. The van der Waals surface area contributed by atoms with E-state index in [1.165, 1.54) is 6.92 Å². The Hall–Kier alpha value is -3.30. The second-order valence-corrected chi connectivity index (χ2v) is 14.0. The van der Waals surface area contributed by atoms with Crippen LogP contribution in [0, 0.1) is 23.7 Å². The Morgan fingerprint density at radius 1 is 0.686 bits per heavy atom. The topological polar surface area (TPSA) is 254 Å². The third-order valence-corrected chi connectivity index (χ3v) is 9.09. The molecule has 0 bridgehead atoms. The largest absolute Gasteiger partial charge is 0.481 e. The predicted octanol–water partition coefficient (Wildman–Crippen LogP) is 4.24. The lowest BCUT2D eigenvalue weighted by Crippen LogP contribution is -2.41. The van der Waals surface area contributed by atoms with Gasteiger partial charge < -0.3 is 45.4 Å². The summed E-state index contributed by atoms with van der Waals surface area (Å²) in [6, 6.07) is -0.469. The molecule has 0 heterocycles. The van der Waals surface area contributed by atoms with Crippen LogP contribution in [0.1, 0.15) is 131 Å². The van der Waals surface area contributed by atoms with E-state index in [-0.39, 0.29) is 37.2 Å². The van der Waals surface area contributed by atoms with Crippen molar-refractivity contribution in [3.05, 3.63) is 0 Å². The highest BCUT2D eigenvalue weighted by atomic mass is 16.6. The van der Waals surface area contributed by atoms with Crippen LogP contribution in [0.5, 0.6) is 0 Å². The van der Waals surface area contributed by atoms with E-state index in [0.29, 0.717) is 19.3 Å². The molecule has 51 heavy (non-hydrogen) atoms. The fraction of sp³-hybridized carbons (Fsp3) is 0.833. The van der Waals surface area contributed by atoms with Gasteiger partial charge in [0.2, 0.25) is 5.91 Å². The molecule has 15 heteroatoms. The minimum Gasteiger partial charge on any atom is -0.481 e. The van der Waals surface area contributed by atoms with Gasteiger partial charge in [-0.05, 0) is 44.4 Å². The van der Waals surface area contributed by atoms with E-state index in [0.717, 1.165) is 44.9 Å². The van der Waals surface area contributed by atoms with Crippen molar-refractivity contribution >= 4 is 35.8 Å². The first-order chi connectivity index (χ1) is 23.9. The second-order valence-electron chi connectivity index (χ2n) is 14.0. The quantitative estimate of drug-likeness (QED) is 0.0389. The van der Waals surface area contributed by atoms with Crippen LogP contribution in [-0.4, -0.2) is 103 Å². The van der Waals surface area contributed by atoms with E-state index in [2.05, 4.69) is 5.32 Å². The van der Waals surface area contributed by atoms with Gasteiger partial charge in [0.1, 0.15) is 6.10 Å². The number of aliphatic carboxylic acids is 4. The number of ether oxygens (including phenoxy) is 2. The molecule has 9 unspecified atom stereocenters. The average Bonchev–Trinajstić information content (AvgIpc) is 3.01. The van der Waals surface area contributed by atoms with Gasteiger partial charge in [-0.1, -0.05) is 65.7 Å². The molecular formula is C36H63NO14. The summed E-state index contributed by atoms with van der Waals surface area (Å²) in [6.45, 7) is 8.83. The van der Waals surface area contributed by atoms with Gasteiger partial charge in [-0.2, -0.15) is 0 Å². The van der Waals surface area contributed by atoms with Crippen LogP contribution in [0.25, 0.3) is 0 Å². The van der Waals surface area contributed by atoms with E-state index in [1.54, 1.807) is 6.92 Å². The van der Waals surface area contributed by atoms with Crippen LogP contribution < -0.4 is 5.32 Å². The SMILES string of the molecule is CCCCC(C)C(OCCC(CC(=O)O)C(=O)O)C(CC(C)CCCCCCC(O)CC(O)C(C)NC(C)=O)OC(=O)CC(CC(=O)O)C(=O)O. The molecule has 0 rings (SSSR count). The summed E-state index contributed by atoms with van der Waals surface area (Å²) in [5.74, 6) is -9.30. The third-order valence-electron chi connectivity index (χ3n) is 9.09. The average molecular weight is 734 g/mol. The van der Waals surface area contributed by atoms with E-state index in [9.17, 15) is 49.2 Å². The Morgan fingerprint density at radius 3 is 1.78 bits per heavy atom. The van der Waals surface area contributed by atoms with E-state index < -0.39 is 91.4 Å². The monoisotopic (exact) mass is 733 g/mol. The minimum atomic E-state index is -1.49. The molecule has 15 nitrogen and oxygen atoms in total. The van der Waals surface area contributed by atoms with Gasteiger partial charge in [0.25, 0.3) is 0 Å². The van der Waals surface area contributed by atoms with Crippen molar-refractivity contribution in [1.82, 2.24) is 5.32 Å². The standard InChI is InChI=1S/C36H63NO14/c1-6-7-13-23(3)34(50-16-15-26(35(46)47)18-31(41)42)30(51-33(45)20-27(36(48)49)19-32(43)44)17-22(2)12-10-8-9-11-14-28(39)21-29(40)24(4)37-25(5)38/h22-24,26-30,34,39-40H,6-21H2,1-5H3,(H,37,38)(H,41,42)(H,43,44)(H,46,47)(H,48,49). The predicted molar refractivity (Wildman–Crippen MR) is 186 cm³/mol. The van der Waals surface area contributed by atoms with Crippen molar-refractivity contribution < 1.29 is 68.9 Å². The summed E-state index contributed by atoms with van der Waals surface area (Å²) < 4.78 is 12.0. The van der Waals surface area contributed by atoms with Crippen molar-refractivity contribution in [3.63, 3.8) is 0 Å². The first-order valence-electron chi connectivity index (χ1n) is 18.2. The molecule has 0 aromatic carbocycles. The second kappa shape index (κ2) is 26.5. The van der Waals surface area contributed by atoms with E-state index >= 15 is 0 Å². The number of hydrogen-bond donors (Lipinski definition) is 7. The summed E-state index contributed by atoms with van der Waals surface area (Å²) in [6.07, 6.45) is 2.16. The number of esters is 1. The number of carbonyl (C=O) groups is 6. The molecule has 0 aliphatic rings. The lowest BCUT2D eigenvalue weighted by atomic mass is 9.87. The number of carbonyl (C=O) groups excluding carboxylic acids is 2. The maximum atomic E-state index is 13.1. The number of hydrogen-bond acceptors (Lipinski definition) is 10. The Balaban J connectivity index is 5.60.